The molecule has 0 spiro atoms. The standard InChI is InChI=1S/C13H17N3OS/c1-9-7-18-12-11(9)15-8-16(13(12)17)6-10-3-2-4-14-5-10/h7-8,10,14H,2-6H2,1H3. The first-order valence-electron chi connectivity index (χ1n) is 6.39. The Morgan fingerprint density at radius 1 is 1.61 bits per heavy atom. The molecule has 3 heterocycles. The molecular weight excluding hydrogens is 246 g/mol. The molecule has 2 aromatic rings. The summed E-state index contributed by atoms with van der Waals surface area (Å²) >= 11 is 1.51. The van der Waals surface area contributed by atoms with Crippen LogP contribution in [-0.2, 0) is 6.54 Å². The second kappa shape index (κ2) is 4.82. The maximum Gasteiger partial charge on any atom is 0.271 e. The summed E-state index contributed by atoms with van der Waals surface area (Å²) in [4.78, 5) is 16.7. The van der Waals surface area contributed by atoms with Crippen LogP contribution in [0.1, 0.15) is 18.4 Å². The van der Waals surface area contributed by atoms with Gasteiger partial charge >= 0.3 is 0 Å². The number of fused-ring (bicyclic) bond motifs is 1. The lowest BCUT2D eigenvalue weighted by molar-refractivity contribution is 0.333. The number of thiophene rings is 1. The summed E-state index contributed by atoms with van der Waals surface area (Å²) in [5.41, 5.74) is 2.07. The van der Waals surface area contributed by atoms with Gasteiger partial charge in [-0.3, -0.25) is 9.36 Å². The van der Waals surface area contributed by atoms with Crippen LogP contribution < -0.4 is 10.9 Å². The number of hydrogen-bond acceptors (Lipinski definition) is 4. The summed E-state index contributed by atoms with van der Waals surface area (Å²) in [5, 5.41) is 5.39. The zero-order valence-electron chi connectivity index (χ0n) is 10.5. The summed E-state index contributed by atoms with van der Waals surface area (Å²) in [6, 6.07) is 0. The van der Waals surface area contributed by atoms with Gasteiger partial charge in [-0.25, -0.2) is 4.98 Å². The molecule has 1 aliphatic heterocycles. The van der Waals surface area contributed by atoms with Crippen molar-refractivity contribution in [2.45, 2.75) is 26.3 Å². The lowest BCUT2D eigenvalue weighted by Crippen LogP contribution is -2.34. The van der Waals surface area contributed by atoms with Crippen molar-refractivity contribution in [3.63, 3.8) is 0 Å². The van der Waals surface area contributed by atoms with Gasteiger partial charge in [0.1, 0.15) is 4.70 Å². The minimum Gasteiger partial charge on any atom is -0.316 e. The first-order chi connectivity index (χ1) is 8.75. The van der Waals surface area contributed by atoms with E-state index in [2.05, 4.69) is 10.3 Å². The van der Waals surface area contributed by atoms with Crippen molar-refractivity contribution >= 4 is 21.6 Å². The van der Waals surface area contributed by atoms with Crippen LogP contribution in [0.5, 0.6) is 0 Å². The van der Waals surface area contributed by atoms with E-state index in [9.17, 15) is 4.79 Å². The molecule has 1 fully saturated rings. The summed E-state index contributed by atoms with van der Waals surface area (Å²) < 4.78 is 2.56. The normalized spacial score (nSPS) is 20.4. The maximum atomic E-state index is 12.3. The van der Waals surface area contributed by atoms with E-state index >= 15 is 0 Å². The highest BCUT2D eigenvalue weighted by molar-refractivity contribution is 7.17. The predicted molar refractivity (Wildman–Crippen MR) is 74.2 cm³/mol. The Balaban J connectivity index is 1.92. The van der Waals surface area contributed by atoms with Gasteiger partial charge in [-0.15, -0.1) is 11.3 Å². The molecule has 4 nitrogen and oxygen atoms in total. The molecule has 0 amide bonds. The number of hydrogen-bond donors (Lipinski definition) is 1. The summed E-state index contributed by atoms with van der Waals surface area (Å²) in [5.74, 6) is 0.553. The SMILES string of the molecule is Cc1csc2c(=O)n(CC3CCCNC3)cnc12. The van der Waals surface area contributed by atoms with E-state index < -0.39 is 0 Å². The molecule has 1 unspecified atom stereocenters. The third-order valence-electron chi connectivity index (χ3n) is 3.58. The molecular formula is C13H17N3OS. The van der Waals surface area contributed by atoms with Crippen LogP contribution in [0.15, 0.2) is 16.5 Å². The van der Waals surface area contributed by atoms with Gasteiger partial charge in [-0.2, -0.15) is 0 Å². The van der Waals surface area contributed by atoms with E-state index in [1.807, 2.05) is 12.3 Å². The minimum absolute atomic E-state index is 0.115. The first kappa shape index (κ1) is 11.9. The number of nitrogens with zero attached hydrogens (tertiary/aromatic N) is 2. The van der Waals surface area contributed by atoms with E-state index in [1.165, 1.54) is 24.2 Å². The van der Waals surface area contributed by atoms with Gasteiger partial charge < -0.3 is 5.32 Å². The van der Waals surface area contributed by atoms with Crippen LogP contribution >= 0.6 is 11.3 Å². The van der Waals surface area contributed by atoms with Crippen LogP contribution in [0.2, 0.25) is 0 Å². The number of piperidine rings is 1. The fourth-order valence-electron chi connectivity index (χ4n) is 2.55. The second-order valence-corrected chi connectivity index (χ2v) is 5.89. The maximum absolute atomic E-state index is 12.3. The van der Waals surface area contributed by atoms with Crippen LogP contribution in [0, 0.1) is 12.8 Å². The Kier molecular flexibility index (Phi) is 3.18. The zero-order chi connectivity index (χ0) is 12.5. The molecule has 3 rings (SSSR count). The lowest BCUT2D eigenvalue weighted by Gasteiger charge is -2.23. The minimum atomic E-state index is 0.115. The van der Waals surface area contributed by atoms with Gasteiger partial charge in [0.15, 0.2) is 0 Å². The van der Waals surface area contributed by atoms with Crippen molar-refractivity contribution in [1.82, 2.24) is 14.9 Å². The average Bonchev–Trinajstić information content (AvgIpc) is 2.77. The molecule has 5 heteroatoms. The molecule has 1 atom stereocenters. The Morgan fingerprint density at radius 3 is 3.28 bits per heavy atom. The molecule has 1 saturated heterocycles. The van der Waals surface area contributed by atoms with Crippen LogP contribution in [0.3, 0.4) is 0 Å². The van der Waals surface area contributed by atoms with Crippen LogP contribution in [0.4, 0.5) is 0 Å². The van der Waals surface area contributed by atoms with E-state index in [0.29, 0.717) is 5.92 Å². The number of rotatable bonds is 2. The van der Waals surface area contributed by atoms with E-state index in [1.54, 1.807) is 10.9 Å². The molecule has 18 heavy (non-hydrogen) atoms. The Bertz CT molecular complexity index is 610. The van der Waals surface area contributed by atoms with Crippen molar-refractivity contribution in [1.29, 1.82) is 0 Å². The molecule has 0 aliphatic carbocycles. The fraction of sp³-hybridized carbons (Fsp3) is 0.538. The van der Waals surface area contributed by atoms with E-state index in [-0.39, 0.29) is 5.56 Å². The molecule has 0 bridgehead atoms. The van der Waals surface area contributed by atoms with Gasteiger partial charge in [0.25, 0.3) is 5.56 Å². The molecule has 0 aromatic carbocycles. The Hall–Kier alpha value is -1.20. The molecule has 0 radical (unpaired) electrons. The highest BCUT2D eigenvalue weighted by Crippen LogP contribution is 2.20. The third kappa shape index (κ3) is 2.08. The van der Waals surface area contributed by atoms with Crippen molar-refractivity contribution in [2.75, 3.05) is 13.1 Å². The van der Waals surface area contributed by atoms with Crippen molar-refractivity contribution in [2.24, 2.45) is 5.92 Å². The molecule has 2 aromatic heterocycles. The largest absolute Gasteiger partial charge is 0.316 e. The van der Waals surface area contributed by atoms with Gasteiger partial charge in [-0.05, 0) is 49.7 Å². The number of aromatic nitrogens is 2. The first-order valence-corrected chi connectivity index (χ1v) is 7.27. The van der Waals surface area contributed by atoms with E-state index in [0.717, 1.165) is 35.4 Å². The summed E-state index contributed by atoms with van der Waals surface area (Å²) in [7, 11) is 0. The van der Waals surface area contributed by atoms with Crippen LogP contribution in [0.25, 0.3) is 10.2 Å². The third-order valence-corrected chi connectivity index (χ3v) is 4.65. The Labute approximate surface area is 110 Å². The number of nitrogens with one attached hydrogen (secondary N) is 1. The quantitative estimate of drug-likeness (QED) is 0.898. The van der Waals surface area contributed by atoms with Crippen LogP contribution in [-0.4, -0.2) is 22.6 Å². The summed E-state index contributed by atoms with van der Waals surface area (Å²) in [6.45, 7) is 4.90. The molecule has 96 valence electrons. The summed E-state index contributed by atoms with van der Waals surface area (Å²) in [6.07, 6.45) is 4.10. The highest BCUT2D eigenvalue weighted by Gasteiger charge is 2.15. The molecule has 1 N–H and O–H groups in total. The smallest absolute Gasteiger partial charge is 0.271 e. The van der Waals surface area contributed by atoms with Gasteiger partial charge in [0.05, 0.1) is 11.8 Å². The van der Waals surface area contributed by atoms with Gasteiger partial charge in [0, 0.05) is 6.54 Å². The molecule has 0 saturated carbocycles. The van der Waals surface area contributed by atoms with Gasteiger partial charge in [-0.1, -0.05) is 0 Å². The Morgan fingerprint density at radius 2 is 2.50 bits per heavy atom. The zero-order valence-corrected chi connectivity index (χ0v) is 11.3. The molecule has 1 aliphatic rings. The highest BCUT2D eigenvalue weighted by atomic mass is 32.1. The van der Waals surface area contributed by atoms with Crippen molar-refractivity contribution in [3.8, 4) is 0 Å². The lowest BCUT2D eigenvalue weighted by atomic mass is 10.00. The fourth-order valence-corrected chi connectivity index (χ4v) is 3.50. The van der Waals surface area contributed by atoms with Crippen molar-refractivity contribution < 1.29 is 0 Å². The predicted octanol–water partition coefficient (Wildman–Crippen LogP) is 1.77. The topological polar surface area (TPSA) is 46.9 Å². The van der Waals surface area contributed by atoms with E-state index in [4.69, 9.17) is 0 Å². The monoisotopic (exact) mass is 263 g/mol. The average molecular weight is 263 g/mol. The van der Waals surface area contributed by atoms with Gasteiger partial charge in [0.2, 0.25) is 0 Å². The number of aryl methyl sites for hydroxylation is 1. The second-order valence-electron chi connectivity index (χ2n) is 5.01. The van der Waals surface area contributed by atoms with Crippen molar-refractivity contribution in [3.05, 3.63) is 27.6 Å².